The minimum atomic E-state index is 0.0487. The highest BCUT2D eigenvalue weighted by Crippen LogP contribution is 2.27. The summed E-state index contributed by atoms with van der Waals surface area (Å²) in [5.41, 5.74) is 1.46. The molecule has 0 atom stereocenters. The third kappa shape index (κ3) is 2.71. The molecule has 0 bridgehead atoms. The summed E-state index contributed by atoms with van der Waals surface area (Å²) in [6, 6.07) is 4.47. The number of rotatable bonds is 3. The number of aromatic nitrogens is 1. The highest BCUT2D eigenvalue weighted by Gasteiger charge is 2.32. The molecule has 1 saturated heterocycles. The van der Waals surface area contributed by atoms with Crippen molar-refractivity contribution in [2.24, 2.45) is 0 Å². The van der Waals surface area contributed by atoms with Gasteiger partial charge in [0.1, 0.15) is 5.69 Å². The van der Waals surface area contributed by atoms with E-state index in [1.807, 2.05) is 24.1 Å². The van der Waals surface area contributed by atoms with Crippen molar-refractivity contribution in [2.45, 2.75) is 18.9 Å². The van der Waals surface area contributed by atoms with Gasteiger partial charge in [-0.25, -0.2) is 0 Å². The van der Waals surface area contributed by atoms with Gasteiger partial charge in [0, 0.05) is 51.2 Å². The largest absolute Gasteiger partial charge is 0.388 e. The van der Waals surface area contributed by atoms with Crippen molar-refractivity contribution in [2.75, 3.05) is 38.5 Å². The highest BCUT2D eigenvalue weighted by molar-refractivity contribution is 5.93. The van der Waals surface area contributed by atoms with Crippen LogP contribution in [0.25, 0.3) is 0 Å². The lowest BCUT2D eigenvalue weighted by molar-refractivity contribution is 0.0621. The monoisotopic (exact) mass is 260 g/mol. The Morgan fingerprint density at radius 2 is 2.05 bits per heavy atom. The number of amides is 1. The number of nitrogens with zero attached hydrogens (tertiary/aromatic N) is 3. The van der Waals surface area contributed by atoms with Gasteiger partial charge in [-0.05, 0) is 25.0 Å². The predicted molar refractivity (Wildman–Crippen MR) is 74.3 cm³/mol. The van der Waals surface area contributed by atoms with Crippen molar-refractivity contribution in [1.82, 2.24) is 14.8 Å². The van der Waals surface area contributed by atoms with Gasteiger partial charge >= 0.3 is 0 Å². The molecule has 5 heteroatoms. The molecule has 1 amide bonds. The summed E-state index contributed by atoms with van der Waals surface area (Å²) in [7, 11) is 1.85. The number of piperazine rings is 1. The van der Waals surface area contributed by atoms with E-state index < -0.39 is 0 Å². The van der Waals surface area contributed by atoms with E-state index in [2.05, 4.69) is 15.2 Å². The van der Waals surface area contributed by atoms with Crippen LogP contribution in [0.5, 0.6) is 0 Å². The minimum Gasteiger partial charge on any atom is -0.388 e. The van der Waals surface area contributed by atoms with E-state index in [1.54, 1.807) is 6.20 Å². The van der Waals surface area contributed by atoms with Gasteiger partial charge in [-0.3, -0.25) is 14.7 Å². The van der Waals surface area contributed by atoms with Gasteiger partial charge in [-0.15, -0.1) is 0 Å². The molecule has 1 N–H and O–H groups in total. The van der Waals surface area contributed by atoms with Gasteiger partial charge in [0.2, 0.25) is 0 Å². The predicted octanol–water partition coefficient (Wildman–Crippen LogP) is 1.04. The molecule has 1 saturated carbocycles. The van der Waals surface area contributed by atoms with Crippen LogP contribution in [-0.4, -0.2) is 60.0 Å². The Balaban J connectivity index is 1.63. The summed E-state index contributed by atoms with van der Waals surface area (Å²) in [4.78, 5) is 21.0. The third-order valence-electron chi connectivity index (χ3n) is 3.93. The second kappa shape index (κ2) is 5.17. The molecule has 0 aromatic carbocycles. The first kappa shape index (κ1) is 12.4. The van der Waals surface area contributed by atoms with Crippen molar-refractivity contribution in [1.29, 1.82) is 0 Å². The van der Waals surface area contributed by atoms with Crippen LogP contribution >= 0.6 is 0 Å². The van der Waals surface area contributed by atoms with Crippen molar-refractivity contribution < 1.29 is 4.79 Å². The van der Waals surface area contributed by atoms with E-state index in [0.29, 0.717) is 5.69 Å². The van der Waals surface area contributed by atoms with Crippen LogP contribution in [-0.2, 0) is 0 Å². The fraction of sp³-hybridized carbons (Fsp3) is 0.571. The Morgan fingerprint density at radius 1 is 1.32 bits per heavy atom. The molecular formula is C14H20N4O. The van der Waals surface area contributed by atoms with E-state index in [1.165, 1.54) is 12.8 Å². The second-order valence-corrected chi connectivity index (χ2v) is 5.24. The third-order valence-corrected chi connectivity index (χ3v) is 3.93. The molecule has 102 valence electrons. The van der Waals surface area contributed by atoms with E-state index >= 15 is 0 Å². The maximum Gasteiger partial charge on any atom is 0.272 e. The molecule has 2 heterocycles. The average molecular weight is 260 g/mol. The summed E-state index contributed by atoms with van der Waals surface area (Å²) < 4.78 is 0. The quantitative estimate of drug-likeness (QED) is 0.882. The maximum absolute atomic E-state index is 12.4. The first-order valence-electron chi connectivity index (χ1n) is 6.95. The maximum atomic E-state index is 12.4. The standard InChI is InChI=1S/C14H20N4O/c1-15-11-4-5-16-13(10-11)14(19)18-8-6-17(7-9-18)12-2-3-12/h4-5,10,12H,2-3,6-9H2,1H3,(H,15,16). The number of carbonyl (C=O) groups excluding carboxylic acids is 1. The Morgan fingerprint density at radius 3 is 2.68 bits per heavy atom. The average Bonchev–Trinajstić information content (AvgIpc) is 3.31. The van der Waals surface area contributed by atoms with Gasteiger partial charge in [0.15, 0.2) is 0 Å². The topological polar surface area (TPSA) is 48.5 Å². The van der Waals surface area contributed by atoms with Crippen LogP contribution in [0.4, 0.5) is 5.69 Å². The zero-order chi connectivity index (χ0) is 13.2. The molecule has 19 heavy (non-hydrogen) atoms. The van der Waals surface area contributed by atoms with Crippen LogP contribution < -0.4 is 5.32 Å². The van der Waals surface area contributed by atoms with E-state index in [9.17, 15) is 4.79 Å². The Hall–Kier alpha value is -1.62. The first-order chi connectivity index (χ1) is 9.28. The fourth-order valence-corrected chi connectivity index (χ4v) is 2.59. The zero-order valence-corrected chi connectivity index (χ0v) is 11.3. The molecule has 0 spiro atoms. The molecule has 0 unspecified atom stereocenters. The molecule has 2 aliphatic rings. The van der Waals surface area contributed by atoms with E-state index in [0.717, 1.165) is 37.9 Å². The van der Waals surface area contributed by atoms with Gasteiger partial charge in [0.25, 0.3) is 5.91 Å². The van der Waals surface area contributed by atoms with Crippen LogP contribution in [0.3, 0.4) is 0 Å². The number of nitrogens with one attached hydrogen (secondary N) is 1. The SMILES string of the molecule is CNc1ccnc(C(=O)N2CCN(C3CC3)CC2)c1. The molecule has 2 fully saturated rings. The summed E-state index contributed by atoms with van der Waals surface area (Å²) in [6.45, 7) is 3.64. The van der Waals surface area contributed by atoms with Crippen LogP contribution in [0.15, 0.2) is 18.3 Å². The number of pyridine rings is 1. The Kier molecular flexibility index (Phi) is 3.38. The number of hydrogen-bond acceptors (Lipinski definition) is 4. The zero-order valence-electron chi connectivity index (χ0n) is 11.3. The van der Waals surface area contributed by atoms with E-state index in [-0.39, 0.29) is 5.91 Å². The smallest absolute Gasteiger partial charge is 0.272 e. The van der Waals surface area contributed by atoms with Crippen LogP contribution in [0, 0.1) is 0 Å². The summed E-state index contributed by atoms with van der Waals surface area (Å²) >= 11 is 0. The molecule has 5 nitrogen and oxygen atoms in total. The lowest BCUT2D eigenvalue weighted by atomic mass is 10.2. The number of carbonyl (C=O) groups is 1. The molecule has 3 rings (SSSR count). The van der Waals surface area contributed by atoms with Crippen molar-refractivity contribution in [3.05, 3.63) is 24.0 Å². The lowest BCUT2D eigenvalue weighted by Gasteiger charge is -2.34. The van der Waals surface area contributed by atoms with Crippen LogP contribution in [0.2, 0.25) is 0 Å². The Bertz CT molecular complexity index is 464. The normalized spacial score (nSPS) is 20.4. The van der Waals surface area contributed by atoms with Crippen molar-refractivity contribution in [3.8, 4) is 0 Å². The molecular weight excluding hydrogens is 240 g/mol. The van der Waals surface area contributed by atoms with Gasteiger partial charge in [-0.2, -0.15) is 0 Å². The minimum absolute atomic E-state index is 0.0487. The lowest BCUT2D eigenvalue weighted by Crippen LogP contribution is -2.49. The first-order valence-corrected chi connectivity index (χ1v) is 6.95. The van der Waals surface area contributed by atoms with Crippen molar-refractivity contribution >= 4 is 11.6 Å². The summed E-state index contributed by atoms with van der Waals surface area (Å²) in [5.74, 6) is 0.0487. The second-order valence-electron chi connectivity index (χ2n) is 5.24. The summed E-state index contributed by atoms with van der Waals surface area (Å²) in [6.07, 6.45) is 4.35. The molecule has 1 aromatic rings. The van der Waals surface area contributed by atoms with E-state index in [4.69, 9.17) is 0 Å². The fourth-order valence-electron chi connectivity index (χ4n) is 2.59. The molecule has 0 radical (unpaired) electrons. The number of hydrogen-bond donors (Lipinski definition) is 1. The molecule has 1 aliphatic carbocycles. The Labute approximate surface area is 113 Å². The molecule has 1 aliphatic heterocycles. The highest BCUT2D eigenvalue weighted by atomic mass is 16.2. The van der Waals surface area contributed by atoms with Gasteiger partial charge in [0.05, 0.1) is 0 Å². The van der Waals surface area contributed by atoms with Crippen molar-refractivity contribution in [3.63, 3.8) is 0 Å². The summed E-state index contributed by atoms with van der Waals surface area (Å²) in [5, 5.41) is 3.04. The van der Waals surface area contributed by atoms with Gasteiger partial charge < -0.3 is 10.2 Å². The number of anilines is 1. The molecule has 1 aromatic heterocycles. The van der Waals surface area contributed by atoms with Gasteiger partial charge in [-0.1, -0.05) is 0 Å². The van der Waals surface area contributed by atoms with Crippen LogP contribution in [0.1, 0.15) is 23.3 Å².